The van der Waals surface area contributed by atoms with Gasteiger partial charge in [-0.15, -0.1) is 0 Å². The number of unbranched alkanes of at least 4 members (excludes halogenated alkanes) is 2. The van der Waals surface area contributed by atoms with E-state index in [4.69, 9.17) is 18.3 Å². The number of benzene rings is 4. The molecule has 0 aliphatic heterocycles. The second-order valence-electron chi connectivity index (χ2n) is 16.0. The summed E-state index contributed by atoms with van der Waals surface area (Å²) in [5.74, 6) is -0.263. The van der Waals surface area contributed by atoms with Crippen LogP contribution in [-0.4, -0.2) is 55.6 Å². The van der Waals surface area contributed by atoms with Crippen LogP contribution in [0.25, 0.3) is 0 Å². The molecule has 280 valence electrons. The van der Waals surface area contributed by atoms with Gasteiger partial charge in [0.05, 0.1) is 12.2 Å². The Bertz CT molecular complexity index is 1510. The van der Waals surface area contributed by atoms with Crippen molar-refractivity contribution in [3.8, 4) is 0 Å². The van der Waals surface area contributed by atoms with Gasteiger partial charge in [-0.25, -0.2) is 0 Å². The van der Waals surface area contributed by atoms with Crippen LogP contribution >= 0.6 is 0 Å². The summed E-state index contributed by atoms with van der Waals surface area (Å²) in [4.78, 5) is 12.9. The van der Waals surface area contributed by atoms with Crippen molar-refractivity contribution < 1.29 is 23.1 Å². The number of methoxy groups -OCH3 is 1. The summed E-state index contributed by atoms with van der Waals surface area (Å²) in [6.45, 7) is 16.5. The fraction of sp³-hybridized carbons (Fsp3) is 0.444. The zero-order valence-corrected chi connectivity index (χ0v) is 34.8. The number of rotatable bonds is 20. The highest BCUT2D eigenvalue weighted by Crippen LogP contribution is 2.41. The molecule has 0 saturated carbocycles. The molecule has 7 heteroatoms. The summed E-state index contributed by atoms with van der Waals surface area (Å²) in [5.41, 5.74) is 0. The number of hydrogen-bond acceptors (Lipinski definition) is 5. The van der Waals surface area contributed by atoms with E-state index >= 15 is 0 Å². The van der Waals surface area contributed by atoms with Crippen molar-refractivity contribution in [2.75, 3.05) is 20.5 Å². The van der Waals surface area contributed by atoms with E-state index in [0.29, 0.717) is 6.61 Å². The van der Waals surface area contributed by atoms with Crippen molar-refractivity contribution in [2.24, 2.45) is 5.92 Å². The molecule has 0 radical (unpaired) electrons. The van der Waals surface area contributed by atoms with Gasteiger partial charge in [-0.2, -0.15) is 0 Å². The van der Waals surface area contributed by atoms with Crippen LogP contribution in [0, 0.1) is 5.92 Å². The van der Waals surface area contributed by atoms with E-state index < -0.39 is 22.7 Å². The van der Waals surface area contributed by atoms with Crippen LogP contribution in [0.15, 0.2) is 121 Å². The Morgan fingerprint density at radius 1 is 0.615 bits per heavy atom. The van der Waals surface area contributed by atoms with Crippen molar-refractivity contribution in [3.63, 3.8) is 0 Å². The molecule has 0 fully saturated rings. The maximum Gasteiger partial charge on any atom is 0.261 e. The highest BCUT2D eigenvalue weighted by molar-refractivity contribution is 7.00. The summed E-state index contributed by atoms with van der Waals surface area (Å²) in [7, 11) is -4.33. The standard InChI is InChI=1S/C45H62O5Si2/c1-9-10-15-32-42(48-36-47-8)41(35-49-51(44(2,3)4,37-24-16-11-17-25-37)38-26-18-12-19-27-38)43(33-34-46)50-52(45(5,6)7,39-28-20-13-21-29-39)40-30-22-14-23-31-40/h11-14,16-31,34,41-43H,9-10,15,32-33,35-36H2,1-8H3/t41-,42-,43+/m1/s1. The first kappa shape index (κ1) is 41.6. The summed E-state index contributed by atoms with van der Waals surface area (Å²) in [5, 5.41) is 4.30. The third kappa shape index (κ3) is 9.48. The third-order valence-corrected chi connectivity index (χ3v) is 20.5. The van der Waals surface area contributed by atoms with Crippen LogP contribution in [0.1, 0.15) is 80.6 Å². The molecule has 0 aliphatic carbocycles. The van der Waals surface area contributed by atoms with Gasteiger partial charge in [-0.05, 0) is 37.2 Å². The van der Waals surface area contributed by atoms with E-state index in [1.165, 1.54) is 20.7 Å². The first-order valence-corrected chi connectivity index (χ1v) is 22.9. The zero-order chi connectivity index (χ0) is 37.7. The molecule has 3 atom stereocenters. The van der Waals surface area contributed by atoms with E-state index in [0.717, 1.165) is 32.0 Å². The lowest BCUT2D eigenvalue weighted by Crippen LogP contribution is -2.69. The Morgan fingerprint density at radius 2 is 1.04 bits per heavy atom. The van der Waals surface area contributed by atoms with Gasteiger partial charge >= 0.3 is 0 Å². The minimum atomic E-state index is -3.06. The van der Waals surface area contributed by atoms with E-state index in [2.05, 4.69) is 170 Å². The fourth-order valence-corrected chi connectivity index (χ4v) is 17.3. The normalized spacial score (nSPS) is 14.5. The molecule has 4 aromatic carbocycles. The molecule has 4 rings (SSSR count). The average molecular weight is 739 g/mol. The van der Waals surface area contributed by atoms with Crippen LogP contribution in [-0.2, 0) is 23.1 Å². The van der Waals surface area contributed by atoms with Gasteiger partial charge in [-0.1, -0.05) is 189 Å². The molecule has 4 aromatic rings. The molecular weight excluding hydrogens is 677 g/mol. The lowest BCUT2D eigenvalue weighted by Gasteiger charge is -2.48. The fourth-order valence-electron chi connectivity index (χ4n) is 7.93. The molecule has 0 aromatic heterocycles. The van der Waals surface area contributed by atoms with E-state index in [9.17, 15) is 4.79 Å². The maximum absolute atomic E-state index is 12.9. The molecule has 0 heterocycles. The molecule has 0 N–H and O–H groups in total. The number of hydrogen-bond donors (Lipinski definition) is 0. The van der Waals surface area contributed by atoms with E-state index in [1.54, 1.807) is 7.11 Å². The highest BCUT2D eigenvalue weighted by atomic mass is 28.4. The zero-order valence-electron chi connectivity index (χ0n) is 32.8. The lowest BCUT2D eigenvalue weighted by atomic mass is 9.91. The van der Waals surface area contributed by atoms with Gasteiger partial charge < -0.3 is 23.1 Å². The maximum atomic E-state index is 12.9. The molecule has 5 nitrogen and oxygen atoms in total. The van der Waals surface area contributed by atoms with Crippen molar-refractivity contribution in [1.82, 2.24) is 0 Å². The summed E-state index contributed by atoms with van der Waals surface area (Å²) in [6, 6.07) is 42.8. The minimum Gasteiger partial charge on any atom is -0.407 e. The minimum absolute atomic E-state index is 0.152. The van der Waals surface area contributed by atoms with Gasteiger partial charge in [0.2, 0.25) is 0 Å². The molecule has 0 spiro atoms. The monoisotopic (exact) mass is 738 g/mol. The smallest absolute Gasteiger partial charge is 0.261 e. The molecule has 0 amide bonds. The quantitative estimate of drug-likeness (QED) is 0.0396. The Morgan fingerprint density at radius 3 is 1.40 bits per heavy atom. The molecule has 0 saturated heterocycles. The van der Waals surface area contributed by atoms with E-state index in [-0.39, 0.29) is 35.3 Å². The first-order valence-electron chi connectivity index (χ1n) is 19.0. The number of carbonyl (C=O) groups excluding carboxylic acids is 1. The Balaban J connectivity index is 1.95. The van der Waals surface area contributed by atoms with Crippen LogP contribution in [0.2, 0.25) is 10.1 Å². The second kappa shape index (κ2) is 19.2. The first-order chi connectivity index (χ1) is 25.0. The van der Waals surface area contributed by atoms with Gasteiger partial charge in [0, 0.05) is 26.1 Å². The molecule has 0 aliphatic rings. The number of ether oxygens (including phenoxy) is 2. The van der Waals surface area contributed by atoms with E-state index in [1.807, 2.05) is 0 Å². The van der Waals surface area contributed by atoms with Crippen LogP contribution in [0.5, 0.6) is 0 Å². The third-order valence-electron chi connectivity index (χ3n) is 10.4. The Kier molecular flexibility index (Phi) is 15.4. The van der Waals surface area contributed by atoms with Crippen molar-refractivity contribution in [1.29, 1.82) is 0 Å². The molecule has 0 bridgehead atoms. The summed E-state index contributed by atoms with van der Waals surface area (Å²) >= 11 is 0. The van der Waals surface area contributed by atoms with Crippen LogP contribution < -0.4 is 20.7 Å². The number of carbonyl (C=O) groups is 1. The van der Waals surface area contributed by atoms with Gasteiger partial charge in [0.25, 0.3) is 16.6 Å². The van der Waals surface area contributed by atoms with Crippen LogP contribution in [0.4, 0.5) is 0 Å². The van der Waals surface area contributed by atoms with Gasteiger partial charge in [0.15, 0.2) is 0 Å². The van der Waals surface area contributed by atoms with Crippen LogP contribution in [0.3, 0.4) is 0 Å². The lowest BCUT2D eigenvalue weighted by molar-refractivity contribution is -0.124. The number of aldehydes is 1. The predicted molar refractivity (Wildman–Crippen MR) is 221 cm³/mol. The Labute approximate surface area is 316 Å². The highest BCUT2D eigenvalue weighted by Gasteiger charge is 2.54. The SMILES string of the molecule is CCCCC[C@@H](OCOC)[C@@H](CO[Si](c1ccccc1)(c1ccccc1)C(C)(C)C)[C@H](CC=O)O[Si](c1ccccc1)(c1ccccc1)C(C)(C)C. The van der Waals surface area contributed by atoms with Crippen molar-refractivity contribution in [3.05, 3.63) is 121 Å². The molecule has 0 unspecified atom stereocenters. The average Bonchev–Trinajstić information content (AvgIpc) is 3.14. The Hall–Kier alpha value is -3.18. The van der Waals surface area contributed by atoms with Crippen molar-refractivity contribution in [2.45, 2.75) is 103 Å². The van der Waals surface area contributed by atoms with Gasteiger partial charge in [-0.3, -0.25) is 0 Å². The largest absolute Gasteiger partial charge is 0.407 e. The van der Waals surface area contributed by atoms with Gasteiger partial charge in [0.1, 0.15) is 13.1 Å². The molecular formula is C45H62O5Si2. The molecule has 52 heavy (non-hydrogen) atoms. The topological polar surface area (TPSA) is 54.0 Å². The predicted octanol–water partition coefficient (Wildman–Crippen LogP) is 8.28. The second-order valence-corrected chi connectivity index (χ2v) is 24.5. The summed E-state index contributed by atoms with van der Waals surface area (Å²) < 4.78 is 27.7. The summed E-state index contributed by atoms with van der Waals surface area (Å²) in [6.07, 6.45) is 4.49. The van der Waals surface area contributed by atoms with Crippen molar-refractivity contribution >= 4 is 43.7 Å².